The molecule has 0 amide bonds. The first-order valence-corrected chi connectivity index (χ1v) is 6.83. The average Bonchev–Trinajstić information content (AvgIpc) is 2.82. The minimum absolute atomic E-state index is 0.593. The van der Waals surface area contributed by atoms with Crippen LogP contribution in [0.5, 0.6) is 11.5 Å². The molecule has 19 heavy (non-hydrogen) atoms. The molecule has 0 saturated heterocycles. The molecule has 0 bridgehead atoms. The van der Waals surface area contributed by atoms with Crippen LogP contribution in [0.4, 0.5) is 5.69 Å². The molecule has 0 aliphatic carbocycles. The highest BCUT2D eigenvalue weighted by atomic mass is 79.9. The average molecular weight is 324 g/mol. The number of aromatic nitrogens is 2. The second-order valence-corrected chi connectivity index (χ2v) is 5.13. The Labute approximate surface area is 119 Å². The summed E-state index contributed by atoms with van der Waals surface area (Å²) in [7, 11) is 1.93. The largest absolute Gasteiger partial charge is 0.486 e. The molecule has 2 aromatic rings. The molecule has 2 heterocycles. The van der Waals surface area contributed by atoms with E-state index in [1.165, 1.54) is 0 Å². The van der Waals surface area contributed by atoms with Gasteiger partial charge < -0.3 is 14.8 Å². The number of ether oxygens (including phenoxy) is 2. The zero-order chi connectivity index (χ0) is 13.2. The van der Waals surface area contributed by atoms with Gasteiger partial charge in [0.25, 0.3) is 0 Å². The van der Waals surface area contributed by atoms with Crippen LogP contribution in [-0.2, 0) is 13.6 Å². The zero-order valence-electron chi connectivity index (χ0n) is 10.5. The summed E-state index contributed by atoms with van der Waals surface area (Å²) in [6, 6.07) is 5.87. The van der Waals surface area contributed by atoms with Gasteiger partial charge in [-0.15, -0.1) is 0 Å². The summed E-state index contributed by atoms with van der Waals surface area (Å²) < 4.78 is 13.9. The molecule has 0 atom stereocenters. The first-order valence-electron chi connectivity index (χ1n) is 6.04. The van der Waals surface area contributed by atoms with Crippen LogP contribution in [0, 0.1) is 0 Å². The number of fused-ring (bicyclic) bond motifs is 1. The number of hydrogen-bond donors (Lipinski definition) is 1. The first-order chi connectivity index (χ1) is 9.24. The fourth-order valence-electron chi connectivity index (χ4n) is 1.96. The van der Waals surface area contributed by atoms with E-state index in [9.17, 15) is 0 Å². The first kappa shape index (κ1) is 12.3. The van der Waals surface area contributed by atoms with Gasteiger partial charge in [-0.05, 0) is 22.0 Å². The quantitative estimate of drug-likeness (QED) is 0.943. The normalized spacial score (nSPS) is 13.4. The van der Waals surface area contributed by atoms with Crippen molar-refractivity contribution in [3.05, 3.63) is 34.6 Å². The molecule has 5 nitrogen and oxygen atoms in total. The summed E-state index contributed by atoms with van der Waals surface area (Å²) >= 11 is 3.54. The molecule has 0 spiro atoms. The van der Waals surface area contributed by atoms with Gasteiger partial charge in [-0.3, -0.25) is 4.68 Å². The summed E-state index contributed by atoms with van der Waals surface area (Å²) in [6.45, 7) is 1.89. The van der Waals surface area contributed by atoms with Crippen molar-refractivity contribution >= 4 is 21.6 Å². The molecule has 100 valence electrons. The van der Waals surface area contributed by atoms with Crippen LogP contribution < -0.4 is 14.8 Å². The van der Waals surface area contributed by atoms with Gasteiger partial charge in [0.15, 0.2) is 11.5 Å². The number of aryl methyl sites for hydroxylation is 1. The number of rotatable bonds is 3. The topological polar surface area (TPSA) is 48.3 Å². The van der Waals surface area contributed by atoms with E-state index in [1.807, 2.05) is 29.9 Å². The molecule has 3 rings (SSSR count). The van der Waals surface area contributed by atoms with Gasteiger partial charge in [-0.2, -0.15) is 5.10 Å². The Morgan fingerprint density at radius 2 is 2.05 bits per heavy atom. The molecule has 0 saturated carbocycles. The van der Waals surface area contributed by atoms with Gasteiger partial charge >= 0.3 is 0 Å². The van der Waals surface area contributed by atoms with Gasteiger partial charge in [0, 0.05) is 29.8 Å². The number of anilines is 1. The third-order valence-electron chi connectivity index (χ3n) is 3.01. The van der Waals surface area contributed by atoms with Crippen LogP contribution in [0.1, 0.15) is 5.69 Å². The van der Waals surface area contributed by atoms with E-state index in [2.05, 4.69) is 26.3 Å². The zero-order valence-corrected chi connectivity index (χ0v) is 12.1. The molecular formula is C13H14BrN3O2. The van der Waals surface area contributed by atoms with Gasteiger partial charge in [0.2, 0.25) is 0 Å². The van der Waals surface area contributed by atoms with Crippen LogP contribution in [0.25, 0.3) is 0 Å². The van der Waals surface area contributed by atoms with Crippen LogP contribution in [0.3, 0.4) is 0 Å². The van der Waals surface area contributed by atoms with Gasteiger partial charge in [-0.25, -0.2) is 0 Å². The maximum atomic E-state index is 5.58. The highest BCUT2D eigenvalue weighted by molar-refractivity contribution is 9.10. The molecule has 0 fully saturated rings. The Kier molecular flexibility index (Phi) is 3.33. The van der Waals surface area contributed by atoms with Crippen molar-refractivity contribution in [1.29, 1.82) is 0 Å². The predicted molar refractivity (Wildman–Crippen MR) is 75.7 cm³/mol. The van der Waals surface area contributed by atoms with Crippen LogP contribution in [-0.4, -0.2) is 23.0 Å². The van der Waals surface area contributed by atoms with E-state index in [1.54, 1.807) is 6.20 Å². The molecule has 0 radical (unpaired) electrons. The fraction of sp³-hybridized carbons (Fsp3) is 0.308. The third-order valence-corrected chi connectivity index (χ3v) is 3.67. The minimum atomic E-state index is 0.593. The molecule has 1 aliphatic rings. The molecule has 1 aliphatic heterocycles. The molecule has 6 heteroatoms. The molecular weight excluding hydrogens is 310 g/mol. The highest BCUT2D eigenvalue weighted by Crippen LogP contribution is 2.38. The lowest BCUT2D eigenvalue weighted by Gasteiger charge is -2.20. The Bertz CT molecular complexity index is 598. The second kappa shape index (κ2) is 5.13. The van der Waals surface area contributed by atoms with E-state index in [0.717, 1.165) is 27.4 Å². The molecule has 1 aromatic carbocycles. The smallest absolute Gasteiger partial charge is 0.163 e. The van der Waals surface area contributed by atoms with Crippen molar-refractivity contribution in [2.45, 2.75) is 6.54 Å². The third kappa shape index (κ3) is 2.53. The molecule has 1 N–H and O–H groups in total. The van der Waals surface area contributed by atoms with Crippen molar-refractivity contribution < 1.29 is 9.47 Å². The Hall–Kier alpha value is -1.69. The maximum Gasteiger partial charge on any atom is 0.163 e. The van der Waals surface area contributed by atoms with E-state index in [4.69, 9.17) is 9.47 Å². The molecule has 0 unspecified atom stereocenters. The van der Waals surface area contributed by atoms with Crippen LogP contribution in [0.15, 0.2) is 28.9 Å². The number of hydrogen-bond acceptors (Lipinski definition) is 4. The highest BCUT2D eigenvalue weighted by Gasteiger charge is 2.14. The summed E-state index contributed by atoms with van der Waals surface area (Å²) in [5.41, 5.74) is 2.09. The minimum Gasteiger partial charge on any atom is -0.486 e. The van der Waals surface area contributed by atoms with Crippen molar-refractivity contribution in [2.75, 3.05) is 18.5 Å². The number of halogens is 1. The Balaban J connectivity index is 1.79. The van der Waals surface area contributed by atoms with E-state index >= 15 is 0 Å². The SMILES string of the molecule is Cn1nccc1CNc1cc2c(cc1Br)OCCO2. The lowest BCUT2D eigenvalue weighted by Crippen LogP contribution is -2.15. The summed E-state index contributed by atoms with van der Waals surface area (Å²) in [5.74, 6) is 1.56. The summed E-state index contributed by atoms with van der Waals surface area (Å²) in [5, 5.41) is 7.50. The van der Waals surface area contributed by atoms with Crippen molar-refractivity contribution in [3.63, 3.8) is 0 Å². The van der Waals surface area contributed by atoms with E-state index in [-0.39, 0.29) is 0 Å². The predicted octanol–water partition coefficient (Wildman–Crippen LogP) is 2.57. The summed E-state index contributed by atoms with van der Waals surface area (Å²) in [4.78, 5) is 0. The van der Waals surface area contributed by atoms with Crippen molar-refractivity contribution in [3.8, 4) is 11.5 Å². The van der Waals surface area contributed by atoms with Crippen molar-refractivity contribution in [1.82, 2.24) is 9.78 Å². The fourth-order valence-corrected chi connectivity index (χ4v) is 2.42. The van der Waals surface area contributed by atoms with Gasteiger partial charge in [-0.1, -0.05) is 0 Å². The maximum absolute atomic E-state index is 5.58. The molecule has 1 aromatic heterocycles. The number of nitrogens with one attached hydrogen (secondary N) is 1. The summed E-state index contributed by atoms with van der Waals surface area (Å²) in [6.07, 6.45) is 1.79. The van der Waals surface area contributed by atoms with Gasteiger partial charge in [0.05, 0.1) is 17.9 Å². The van der Waals surface area contributed by atoms with Crippen LogP contribution >= 0.6 is 15.9 Å². The van der Waals surface area contributed by atoms with E-state index in [0.29, 0.717) is 19.8 Å². The number of benzene rings is 1. The van der Waals surface area contributed by atoms with Crippen LogP contribution in [0.2, 0.25) is 0 Å². The van der Waals surface area contributed by atoms with Crippen molar-refractivity contribution in [2.24, 2.45) is 7.05 Å². The Morgan fingerprint density at radius 1 is 1.32 bits per heavy atom. The Morgan fingerprint density at radius 3 is 2.74 bits per heavy atom. The number of nitrogens with zero attached hydrogens (tertiary/aromatic N) is 2. The second-order valence-electron chi connectivity index (χ2n) is 4.28. The lowest BCUT2D eigenvalue weighted by atomic mass is 10.2. The lowest BCUT2D eigenvalue weighted by molar-refractivity contribution is 0.171. The monoisotopic (exact) mass is 323 g/mol. The van der Waals surface area contributed by atoms with E-state index < -0.39 is 0 Å². The standard InChI is InChI=1S/C13H14BrN3O2/c1-17-9(2-3-16-17)8-15-11-7-13-12(6-10(11)14)18-4-5-19-13/h2-3,6-7,15H,4-5,8H2,1H3. The van der Waals surface area contributed by atoms with Gasteiger partial charge in [0.1, 0.15) is 13.2 Å².